The first-order valence-corrected chi connectivity index (χ1v) is 6.34. The Labute approximate surface area is 112 Å². The number of hydrogen-bond donors (Lipinski definition) is 2. The average molecular weight is 255 g/mol. The Morgan fingerprint density at radius 1 is 1.11 bits per heavy atom. The number of benzene rings is 2. The molecule has 2 aromatic carbocycles. The Balaban J connectivity index is 2.04. The lowest BCUT2D eigenvalue weighted by molar-refractivity contribution is 0.0950. The lowest BCUT2D eigenvalue weighted by atomic mass is 10.1. The Morgan fingerprint density at radius 3 is 2.53 bits per heavy atom. The molecule has 0 saturated carbocycles. The van der Waals surface area contributed by atoms with Gasteiger partial charge in [-0.25, -0.2) is 0 Å². The summed E-state index contributed by atoms with van der Waals surface area (Å²) in [7, 11) is 0. The molecular formula is C16H17NO2. The van der Waals surface area contributed by atoms with Gasteiger partial charge in [0.05, 0.1) is 0 Å². The molecule has 0 heterocycles. The van der Waals surface area contributed by atoms with Gasteiger partial charge in [0.1, 0.15) is 5.75 Å². The van der Waals surface area contributed by atoms with Crippen molar-refractivity contribution >= 4 is 5.91 Å². The number of carbonyl (C=O) groups excluding carboxylic acids is 1. The molecule has 0 aliphatic carbocycles. The van der Waals surface area contributed by atoms with Crippen molar-refractivity contribution in [2.24, 2.45) is 0 Å². The molecule has 0 unspecified atom stereocenters. The van der Waals surface area contributed by atoms with Gasteiger partial charge in [0.2, 0.25) is 0 Å². The second kappa shape index (κ2) is 6.05. The van der Waals surface area contributed by atoms with Crippen molar-refractivity contribution in [2.45, 2.75) is 19.9 Å². The molecule has 2 rings (SSSR count). The molecule has 0 aromatic heterocycles. The zero-order chi connectivity index (χ0) is 13.7. The number of carbonyl (C=O) groups is 1. The van der Waals surface area contributed by atoms with Crippen LogP contribution in [0.25, 0.3) is 0 Å². The molecule has 0 spiro atoms. The van der Waals surface area contributed by atoms with Crippen LogP contribution < -0.4 is 5.32 Å². The lowest BCUT2D eigenvalue weighted by Crippen LogP contribution is -2.23. The highest BCUT2D eigenvalue weighted by Gasteiger charge is 2.07. The summed E-state index contributed by atoms with van der Waals surface area (Å²) in [4.78, 5) is 11.9. The molecule has 3 nitrogen and oxygen atoms in total. The van der Waals surface area contributed by atoms with Gasteiger partial charge >= 0.3 is 0 Å². The molecule has 2 aromatic rings. The maximum absolute atomic E-state index is 11.9. The van der Waals surface area contributed by atoms with E-state index in [-0.39, 0.29) is 11.7 Å². The molecule has 0 aliphatic rings. The predicted molar refractivity (Wildman–Crippen MR) is 75.1 cm³/mol. The molecule has 19 heavy (non-hydrogen) atoms. The first kappa shape index (κ1) is 13.1. The van der Waals surface area contributed by atoms with Crippen LogP contribution in [0.4, 0.5) is 0 Å². The first-order chi connectivity index (χ1) is 9.20. The van der Waals surface area contributed by atoms with E-state index in [1.807, 2.05) is 18.2 Å². The van der Waals surface area contributed by atoms with Crippen molar-refractivity contribution < 1.29 is 9.90 Å². The molecule has 2 N–H and O–H groups in total. The number of nitrogens with one attached hydrogen (secondary N) is 1. The van der Waals surface area contributed by atoms with Gasteiger partial charge in [-0.15, -0.1) is 0 Å². The average Bonchev–Trinajstić information content (AvgIpc) is 2.45. The van der Waals surface area contributed by atoms with E-state index in [4.69, 9.17) is 0 Å². The predicted octanol–water partition coefficient (Wildman–Crippen LogP) is 2.88. The topological polar surface area (TPSA) is 49.3 Å². The highest BCUT2D eigenvalue weighted by Crippen LogP contribution is 2.12. The van der Waals surface area contributed by atoms with Crippen molar-refractivity contribution in [3.05, 3.63) is 65.2 Å². The third-order valence-corrected chi connectivity index (χ3v) is 3.05. The van der Waals surface area contributed by atoms with E-state index >= 15 is 0 Å². The van der Waals surface area contributed by atoms with Crippen molar-refractivity contribution in [3.8, 4) is 5.75 Å². The number of aryl methyl sites for hydroxylation is 1. The minimum Gasteiger partial charge on any atom is -0.508 e. The Bertz CT molecular complexity index is 578. The van der Waals surface area contributed by atoms with Crippen LogP contribution in [0.2, 0.25) is 0 Å². The maximum Gasteiger partial charge on any atom is 0.251 e. The minimum atomic E-state index is -0.179. The van der Waals surface area contributed by atoms with Crippen LogP contribution in [0, 0.1) is 0 Å². The molecule has 0 saturated heterocycles. The summed E-state index contributed by atoms with van der Waals surface area (Å²) in [6.07, 6.45) is 0.943. The van der Waals surface area contributed by atoms with Crippen LogP contribution in [0.3, 0.4) is 0 Å². The normalized spacial score (nSPS) is 10.2. The quantitative estimate of drug-likeness (QED) is 0.882. The van der Waals surface area contributed by atoms with E-state index in [2.05, 4.69) is 18.3 Å². The molecule has 0 fully saturated rings. The standard InChI is InChI=1S/C16H17NO2/c1-2-12-6-3-4-7-14(12)11-17-16(19)13-8-5-9-15(18)10-13/h3-10,18H,2,11H2,1H3,(H,17,19). The van der Waals surface area contributed by atoms with E-state index in [0.29, 0.717) is 12.1 Å². The van der Waals surface area contributed by atoms with Crippen LogP contribution in [0.5, 0.6) is 5.75 Å². The molecule has 98 valence electrons. The van der Waals surface area contributed by atoms with Gasteiger partial charge in [-0.2, -0.15) is 0 Å². The molecule has 0 aliphatic heterocycles. The van der Waals surface area contributed by atoms with E-state index in [0.717, 1.165) is 12.0 Å². The Hall–Kier alpha value is -2.29. The number of amides is 1. The molecule has 0 atom stereocenters. The first-order valence-electron chi connectivity index (χ1n) is 6.34. The zero-order valence-corrected chi connectivity index (χ0v) is 10.9. The zero-order valence-electron chi connectivity index (χ0n) is 10.9. The Morgan fingerprint density at radius 2 is 1.84 bits per heavy atom. The maximum atomic E-state index is 11.9. The number of aromatic hydroxyl groups is 1. The van der Waals surface area contributed by atoms with E-state index in [1.54, 1.807) is 18.2 Å². The molecular weight excluding hydrogens is 238 g/mol. The van der Waals surface area contributed by atoms with Crippen molar-refractivity contribution in [1.29, 1.82) is 0 Å². The van der Waals surface area contributed by atoms with E-state index in [9.17, 15) is 9.90 Å². The summed E-state index contributed by atoms with van der Waals surface area (Å²) in [6.45, 7) is 2.59. The monoisotopic (exact) mass is 255 g/mol. The second-order valence-electron chi connectivity index (χ2n) is 4.36. The van der Waals surface area contributed by atoms with Gasteiger partial charge in [-0.1, -0.05) is 37.3 Å². The number of phenols is 1. The summed E-state index contributed by atoms with van der Waals surface area (Å²) < 4.78 is 0. The summed E-state index contributed by atoms with van der Waals surface area (Å²) in [5.41, 5.74) is 2.83. The third kappa shape index (κ3) is 3.35. The highest BCUT2D eigenvalue weighted by atomic mass is 16.3. The van der Waals surface area contributed by atoms with Gasteiger partial charge in [-0.3, -0.25) is 4.79 Å². The summed E-state index contributed by atoms with van der Waals surface area (Å²) in [5.74, 6) is -0.0802. The Kier molecular flexibility index (Phi) is 4.18. The van der Waals surface area contributed by atoms with Gasteiger partial charge in [0, 0.05) is 12.1 Å². The molecule has 0 bridgehead atoms. The van der Waals surface area contributed by atoms with E-state index < -0.39 is 0 Å². The van der Waals surface area contributed by atoms with Crippen molar-refractivity contribution in [1.82, 2.24) is 5.32 Å². The van der Waals surface area contributed by atoms with Crippen molar-refractivity contribution in [3.63, 3.8) is 0 Å². The van der Waals surface area contributed by atoms with Gasteiger partial charge in [-0.05, 0) is 35.7 Å². The fourth-order valence-corrected chi connectivity index (χ4v) is 2.00. The lowest BCUT2D eigenvalue weighted by Gasteiger charge is -2.09. The number of rotatable bonds is 4. The summed E-state index contributed by atoms with van der Waals surface area (Å²) in [5, 5.41) is 12.2. The van der Waals surface area contributed by atoms with Crippen molar-refractivity contribution in [2.75, 3.05) is 0 Å². The fraction of sp³-hybridized carbons (Fsp3) is 0.188. The van der Waals surface area contributed by atoms with Crippen LogP contribution in [0.1, 0.15) is 28.4 Å². The minimum absolute atomic E-state index is 0.0987. The highest BCUT2D eigenvalue weighted by molar-refractivity contribution is 5.94. The summed E-state index contributed by atoms with van der Waals surface area (Å²) >= 11 is 0. The van der Waals surface area contributed by atoms with Gasteiger partial charge < -0.3 is 10.4 Å². The smallest absolute Gasteiger partial charge is 0.251 e. The fourth-order valence-electron chi connectivity index (χ4n) is 2.00. The second-order valence-corrected chi connectivity index (χ2v) is 4.36. The van der Waals surface area contributed by atoms with Crippen LogP contribution in [-0.2, 0) is 13.0 Å². The molecule has 1 amide bonds. The van der Waals surface area contributed by atoms with Crippen LogP contribution in [-0.4, -0.2) is 11.0 Å². The van der Waals surface area contributed by atoms with Gasteiger partial charge in [0.15, 0.2) is 0 Å². The largest absolute Gasteiger partial charge is 0.508 e. The van der Waals surface area contributed by atoms with Crippen LogP contribution in [0.15, 0.2) is 48.5 Å². The number of phenolic OH excluding ortho intramolecular Hbond substituents is 1. The van der Waals surface area contributed by atoms with E-state index in [1.165, 1.54) is 11.6 Å². The molecule has 3 heteroatoms. The van der Waals surface area contributed by atoms with Crippen LogP contribution >= 0.6 is 0 Å². The SMILES string of the molecule is CCc1ccccc1CNC(=O)c1cccc(O)c1. The summed E-state index contributed by atoms with van der Waals surface area (Å²) in [6, 6.07) is 14.4. The van der Waals surface area contributed by atoms with Gasteiger partial charge in [0.25, 0.3) is 5.91 Å². The molecule has 0 radical (unpaired) electrons. The number of hydrogen-bond acceptors (Lipinski definition) is 2. The third-order valence-electron chi connectivity index (χ3n) is 3.05.